The predicted octanol–water partition coefficient (Wildman–Crippen LogP) is 1.80. The molecule has 0 bridgehead atoms. The zero-order valence-corrected chi connectivity index (χ0v) is 11.3. The van der Waals surface area contributed by atoms with E-state index in [1.165, 1.54) is 11.3 Å². The molecule has 0 saturated heterocycles. The Labute approximate surface area is 111 Å². The third-order valence-electron chi connectivity index (χ3n) is 3.45. The SMILES string of the molecule is CO[C@@H]1CCCC[C@@H](NC(=O)c2ccsc2)[C@H]1O. The van der Waals surface area contributed by atoms with Gasteiger partial charge in [-0.15, -0.1) is 0 Å². The standard InChI is InChI=1S/C13H19NO3S/c1-17-11-5-3-2-4-10(12(11)15)14-13(16)9-6-7-18-8-9/h6-8,10-12,15H,2-5H2,1H3,(H,14,16)/t10-,11-,12-/m1/s1. The topological polar surface area (TPSA) is 58.6 Å². The Hall–Kier alpha value is -0.910. The van der Waals surface area contributed by atoms with Crippen LogP contribution in [0.4, 0.5) is 0 Å². The fourth-order valence-electron chi connectivity index (χ4n) is 2.37. The molecule has 0 unspecified atom stereocenters. The minimum atomic E-state index is -0.625. The first kappa shape index (κ1) is 13.5. The van der Waals surface area contributed by atoms with Crippen LogP contribution in [-0.4, -0.2) is 36.4 Å². The van der Waals surface area contributed by atoms with Crippen molar-refractivity contribution in [2.75, 3.05) is 7.11 Å². The van der Waals surface area contributed by atoms with Gasteiger partial charge in [0.15, 0.2) is 0 Å². The third-order valence-corrected chi connectivity index (χ3v) is 4.13. The minimum Gasteiger partial charge on any atom is -0.388 e. The smallest absolute Gasteiger partial charge is 0.252 e. The number of hydrogen-bond donors (Lipinski definition) is 2. The Kier molecular flexibility index (Phi) is 4.74. The van der Waals surface area contributed by atoms with Crippen LogP contribution >= 0.6 is 11.3 Å². The summed E-state index contributed by atoms with van der Waals surface area (Å²) in [6.07, 6.45) is 2.88. The van der Waals surface area contributed by atoms with Crippen LogP contribution in [0.5, 0.6) is 0 Å². The normalized spacial score (nSPS) is 28.7. The summed E-state index contributed by atoms with van der Waals surface area (Å²) in [7, 11) is 1.61. The van der Waals surface area contributed by atoms with Crippen molar-refractivity contribution in [3.05, 3.63) is 22.4 Å². The van der Waals surface area contributed by atoms with Crippen molar-refractivity contribution < 1.29 is 14.6 Å². The van der Waals surface area contributed by atoms with Gasteiger partial charge in [0.25, 0.3) is 5.91 Å². The van der Waals surface area contributed by atoms with Crippen LogP contribution in [0.3, 0.4) is 0 Å². The van der Waals surface area contributed by atoms with Crippen molar-refractivity contribution in [1.82, 2.24) is 5.32 Å². The second kappa shape index (κ2) is 6.31. The monoisotopic (exact) mass is 269 g/mol. The van der Waals surface area contributed by atoms with Crippen LogP contribution in [0, 0.1) is 0 Å². The number of aliphatic hydroxyl groups excluding tert-OH is 1. The van der Waals surface area contributed by atoms with Crippen molar-refractivity contribution >= 4 is 17.2 Å². The maximum Gasteiger partial charge on any atom is 0.252 e. The van der Waals surface area contributed by atoms with E-state index in [0.717, 1.165) is 25.7 Å². The number of amides is 1. The van der Waals surface area contributed by atoms with E-state index < -0.39 is 6.10 Å². The maximum absolute atomic E-state index is 12.0. The number of carbonyl (C=O) groups is 1. The first-order valence-corrected chi connectivity index (χ1v) is 7.20. The van der Waals surface area contributed by atoms with E-state index in [1.54, 1.807) is 13.2 Å². The van der Waals surface area contributed by atoms with E-state index in [0.29, 0.717) is 5.56 Å². The van der Waals surface area contributed by atoms with Gasteiger partial charge in [0, 0.05) is 18.1 Å². The van der Waals surface area contributed by atoms with E-state index in [2.05, 4.69) is 5.32 Å². The van der Waals surface area contributed by atoms with Crippen molar-refractivity contribution in [3.63, 3.8) is 0 Å². The molecule has 1 aliphatic rings. The van der Waals surface area contributed by atoms with Crippen molar-refractivity contribution in [1.29, 1.82) is 0 Å². The van der Waals surface area contributed by atoms with Gasteiger partial charge in [-0.3, -0.25) is 4.79 Å². The second-order valence-corrected chi connectivity index (χ2v) is 5.42. The lowest BCUT2D eigenvalue weighted by molar-refractivity contribution is -0.0277. The zero-order valence-electron chi connectivity index (χ0n) is 10.5. The number of methoxy groups -OCH3 is 1. The molecule has 1 amide bonds. The summed E-state index contributed by atoms with van der Waals surface area (Å²) in [5.74, 6) is -0.114. The van der Waals surface area contributed by atoms with Gasteiger partial charge in [0.1, 0.15) is 6.10 Å². The molecule has 1 aliphatic carbocycles. The molecule has 0 radical (unpaired) electrons. The number of nitrogens with one attached hydrogen (secondary N) is 1. The van der Waals surface area contributed by atoms with Crippen LogP contribution in [0.15, 0.2) is 16.8 Å². The molecule has 1 aromatic heterocycles. The predicted molar refractivity (Wildman–Crippen MR) is 70.8 cm³/mol. The van der Waals surface area contributed by atoms with E-state index in [4.69, 9.17) is 4.74 Å². The molecule has 1 heterocycles. The van der Waals surface area contributed by atoms with Crippen LogP contribution in [0.1, 0.15) is 36.0 Å². The molecule has 18 heavy (non-hydrogen) atoms. The van der Waals surface area contributed by atoms with E-state index in [1.807, 2.05) is 10.8 Å². The first-order valence-electron chi connectivity index (χ1n) is 6.26. The van der Waals surface area contributed by atoms with Gasteiger partial charge in [0.2, 0.25) is 0 Å². The van der Waals surface area contributed by atoms with Crippen LogP contribution in [0.25, 0.3) is 0 Å². The third kappa shape index (κ3) is 3.10. The molecule has 1 aromatic rings. The molecule has 2 rings (SSSR count). The van der Waals surface area contributed by atoms with Crippen LogP contribution in [0.2, 0.25) is 0 Å². The average molecular weight is 269 g/mol. The molecule has 0 aliphatic heterocycles. The van der Waals surface area contributed by atoms with Crippen molar-refractivity contribution in [2.24, 2.45) is 0 Å². The molecule has 5 heteroatoms. The Morgan fingerprint density at radius 2 is 2.28 bits per heavy atom. The van der Waals surface area contributed by atoms with Gasteiger partial charge in [-0.2, -0.15) is 11.3 Å². The number of carbonyl (C=O) groups excluding carboxylic acids is 1. The molecular weight excluding hydrogens is 250 g/mol. The number of ether oxygens (including phenoxy) is 1. The van der Waals surface area contributed by atoms with E-state index in [9.17, 15) is 9.90 Å². The van der Waals surface area contributed by atoms with Gasteiger partial charge < -0.3 is 15.2 Å². The zero-order chi connectivity index (χ0) is 13.0. The van der Waals surface area contributed by atoms with Gasteiger partial charge in [-0.1, -0.05) is 12.8 Å². The Morgan fingerprint density at radius 1 is 1.50 bits per heavy atom. The Bertz CT molecular complexity index is 380. The molecule has 2 N–H and O–H groups in total. The number of hydrogen-bond acceptors (Lipinski definition) is 4. The van der Waals surface area contributed by atoms with E-state index >= 15 is 0 Å². The quantitative estimate of drug-likeness (QED) is 0.823. The number of aliphatic hydroxyl groups is 1. The highest BCUT2D eigenvalue weighted by atomic mass is 32.1. The highest BCUT2D eigenvalue weighted by Crippen LogP contribution is 2.21. The van der Waals surface area contributed by atoms with Crippen LogP contribution in [-0.2, 0) is 4.74 Å². The summed E-state index contributed by atoms with van der Waals surface area (Å²) >= 11 is 1.49. The lowest BCUT2D eigenvalue weighted by Crippen LogP contribution is -2.47. The molecule has 3 atom stereocenters. The summed E-state index contributed by atoms with van der Waals surface area (Å²) in [4.78, 5) is 12.0. The molecule has 1 fully saturated rings. The summed E-state index contributed by atoms with van der Waals surface area (Å²) in [5, 5.41) is 16.8. The summed E-state index contributed by atoms with van der Waals surface area (Å²) in [6.45, 7) is 0. The molecule has 100 valence electrons. The summed E-state index contributed by atoms with van der Waals surface area (Å²) in [6, 6.07) is 1.57. The number of rotatable bonds is 3. The molecular formula is C13H19NO3S. The lowest BCUT2D eigenvalue weighted by Gasteiger charge is -2.26. The molecule has 0 spiro atoms. The second-order valence-electron chi connectivity index (χ2n) is 4.64. The largest absolute Gasteiger partial charge is 0.388 e. The van der Waals surface area contributed by atoms with Crippen molar-refractivity contribution in [2.45, 2.75) is 43.9 Å². The van der Waals surface area contributed by atoms with Gasteiger partial charge in [0.05, 0.1) is 12.1 Å². The summed E-state index contributed by atoms with van der Waals surface area (Å²) in [5.41, 5.74) is 0.658. The van der Waals surface area contributed by atoms with Gasteiger partial charge >= 0.3 is 0 Å². The average Bonchev–Trinajstić information content (AvgIpc) is 2.85. The Morgan fingerprint density at radius 3 is 2.94 bits per heavy atom. The fraction of sp³-hybridized carbons (Fsp3) is 0.615. The summed E-state index contributed by atoms with van der Waals surface area (Å²) < 4.78 is 5.29. The molecule has 1 saturated carbocycles. The Balaban J connectivity index is 2.00. The van der Waals surface area contributed by atoms with Crippen molar-refractivity contribution in [3.8, 4) is 0 Å². The number of thiophene rings is 1. The van der Waals surface area contributed by atoms with Crippen LogP contribution < -0.4 is 5.32 Å². The molecule has 0 aromatic carbocycles. The highest BCUT2D eigenvalue weighted by molar-refractivity contribution is 7.08. The fourth-order valence-corrected chi connectivity index (χ4v) is 3.01. The lowest BCUT2D eigenvalue weighted by atomic mass is 10.0. The minimum absolute atomic E-state index is 0.114. The highest BCUT2D eigenvalue weighted by Gasteiger charge is 2.31. The maximum atomic E-state index is 12.0. The van der Waals surface area contributed by atoms with E-state index in [-0.39, 0.29) is 18.1 Å². The first-order chi connectivity index (χ1) is 8.72. The van der Waals surface area contributed by atoms with Gasteiger partial charge in [-0.25, -0.2) is 0 Å². The molecule has 4 nitrogen and oxygen atoms in total. The van der Waals surface area contributed by atoms with Gasteiger partial charge in [-0.05, 0) is 24.3 Å².